The molecule has 36 heavy (non-hydrogen) atoms. The van der Waals surface area contributed by atoms with Crippen LogP contribution < -0.4 is 11.2 Å². The van der Waals surface area contributed by atoms with Gasteiger partial charge in [0.15, 0.2) is 5.43 Å². The summed E-state index contributed by atoms with van der Waals surface area (Å²) in [7, 11) is 0. The molecular weight excluding hydrogens is 481 g/mol. The molecule has 0 saturated heterocycles. The van der Waals surface area contributed by atoms with Gasteiger partial charge in [0.1, 0.15) is 5.69 Å². The Kier molecular flexibility index (Phi) is 5.88. The number of amides is 1. The van der Waals surface area contributed by atoms with E-state index < -0.39 is 29.4 Å². The van der Waals surface area contributed by atoms with Crippen LogP contribution in [0.3, 0.4) is 0 Å². The molecule has 2 aromatic heterocycles. The maximum Gasteiger partial charge on any atom is 0.391 e. The average Bonchev–Trinajstić information content (AvgIpc) is 2.81. The van der Waals surface area contributed by atoms with Crippen molar-refractivity contribution in [2.75, 3.05) is 0 Å². The number of nitrogens with one attached hydrogen (secondary N) is 1. The molecule has 2 aliphatic rings. The number of carbonyl (C=O) groups excluding carboxylic acids is 1. The number of carbonyl (C=O) groups is 1. The van der Waals surface area contributed by atoms with Gasteiger partial charge in [0.05, 0.1) is 16.8 Å². The number of primary amides is 1. The third-order valence-corrected chi connectivity index (χ3v) is 7.53. The molecule has 2 saturated carbocycles. The van der Waals surface area contributed by atoms with Crippen molar-refractivity contribution in [2.45, 2.75) is 62.5 Å². The largest absolute Gasteiger partial charge is 0.391 e. The van der Waals surface area contributed by atoms with Crippen LogP contribution in [-0.2, 0) is 0 Å². The van der Waals surface area contributed by atoms with E-state index in [4.69, 9.17) is 5.73 Å². The van der Waals surface area contributed by atoms with Crippen molar-refractivity contribution in [3.63, 3.8) is 0 Å². The summed E-state index contributed by atoms with van der Waals surface area (Å²) in [5.74, 6) is -5.44. The molecule has 3 N–H and O–H groups in total. The number of benzene rings is 1. The molecule has 2 heterocycles. The Hall–Kier alpha value is -3.30. The topological polar surface area (TPSA) is 88.8 Å². The van der Waals surface area contributed by atoms with E-state index in [1.54, 1.807) is 12.1 Å². The lowest BCUT2D eigenvalue weighted by Gasteiger charge is -2.36. The van der Waals surface area contributed by atoms with Gasteiger partial charge in [-0.05, 0) is 54.7 Å². The molecule has 0 radical (unpaired) electrons. The molecule has 0 unspecified atom stereocenters. The molecule has 0 atom stereocenters. The maximum absolute atomic E-state index is 13.5. The standard InChI is InChI=1S/C26H24F5N3O2/c27-25(28)11-15(12-25)14-3-6-17(18(9-14)13-1-4-16(5-2-13)26(29,30)31)20-10-21(35)22-19(34-20)7-8-33-23(22)24(32)36/h3,6-10,13,15-16H,1-2,4-5,11-12H2,(H2,32,36)(H,34,35). The van der Waals surface area contributed by atoms with Crippen LogP contribution in [0.2, 0.25) is 0 Å². The lowest BCUT2D eigenvalue weighted by atomic mass is 9.73. The number of fused-ring (bicyclic) bond motifs is 1. The minimum atomic E-state index is -4.25. The van der Waals surface area contributed by atoms with Crippen molar-refractivity contribution in [1.82, 2.24) is 9.97 Å². The zero-order valence-electron chi connectivity index (χ0n) is 19.2. The van der Waals surface area contributed by atoms with E-state index in [0.717, 1.165) is 11.1 Å². The Labute approximate surface area is 202 Å². The van der Waals surface area contributed by atoms with Crippen LogP contribution in [0.15, 0.2) is 41.3 Å². The highest BCUT2D eigenvalue weighted by Gasteiger charge is 2.46. The molecule has 1 aromatic carbocycles. The van der Waals surface area contributed by atoms with Crippen LogP contribution >= 0.6 is 0 Å². The lowest BCUT2D eigenvalue weighted by Crippen LogP contribution is -2.33. The average molecular weight is 505 g/mol. The molecule has 2 aliphatic carbocycles. The van der Waals surface area contributed by atoms with Gasteiger partial charge in [-0.15, -0.1) is 0 Å². The monoisotopic (exact) mass is 505 g/mol. The molecule has 0 aliphatic heterocycles. The Bertz CT molecular complexity index is 1380. The van der Waals surface area contributed by atoms with Crippen molar-refractivity contribution >= 4 is 16.8 Å². The molecule has 0 bridgehead atoms. The van der Waals surface area contributed by atoms with Gasteiger partial charge in [-0.25, -0.2) is 8.78 Å². The normalized spacial score (nSPS) is 22.4. The second kappa shape index (κ2) is 8.67. The summed E-state index contributed by atoms with van der Waals surface area (Å²) in [6, 6.07) is 8.14. The van der Waals surface area contributed by atoms with Crippen LogP contribution in [0.1, 0.15) is 72.0 Å². The molecule has 1 amide bonds. The zero-order valence-corrected chi connectivity index (χ0v) is 19.2. The van der Waals surface area contributed by atoms with E-state index in [1.807, 2.05) is 6.07 Å². The second-order valence-electron chi connectivity index (χ2n) is 9.89. The molecule has 5 nitrogen and oxygen atoms in total. The number of aromatic amines is 1. The zero-order chi connectivity index (χ0) is 25.8. The lowest BCUT2D eigenvalue weighted by molar-refractivity contribution is -0.182. The molecule has 10 heteroatoms. The van der Waals surface area contributed by atoms with Gasteiger partial charge in [0.25, 0.3) is 5.91 Å². The SMILES string of the molecule is NC(=O)c1nccc2[nH]c(-c3ccc(C4CC(F)(F)C4)cc3C3CCC(C(F)(F)F)CC3)cc(=O)c12. The Morgan fingerprint density at radius 2 is 1.72 bits per heavy atom. The minimum absolute atomic E-state index is 0.0127. The smallest absolute Gasteiger partial charge is 0.364 e. The first-order valence-corrected chi connectivity index (χ1v) is 11.8. The van der Waals surface area contributed by atoms with Gasteiger partial charge >= 0.3 is 6.18 Å². The summed E-state index contributed by atoms with van der Waals surface area (Å²) in [4.78, 5) is 31.7. The van der Waals surface area contributed by atoms with E-state index in [2.05, 4.69) is 9.97 Å². The summed E-state index contributed by atoms with van der Waals surface area (Å²) in [5, 5.41) is 0.0503. The number of halogens is 5. The summed E-state index contributed by atoms with van der Waals surface area (Å²) in [5.41, 5.74) is 7.57. The minimum Gasteiger partial charge on any atom is -0.364 e. The fourth-order valence-electron chi connectivity index (χ4n) is 5.58. The molecule has 0 spiro atoms. The third kappa shape index (κ3) is 4.49. The molecule has 3 aromatic rings. The summed E-state index contributed by atoms with van der Waals surface area (Å²) >= 11 is 0. The van der Waals surface area contributed by atoms with Gasteiger partial charge in [-0.2, -0.15) is 13.2 Å². The predicted molar refractivity (Wildman–Crippen MR) is 124 cm³/mol. The Morgan fingerprint density at radius 3 is 2.33 bits per heavy atom. The molecule has 5 rings (SSSR count). The van der Waals surface area contributed by atoms with Crippen LogP contribution in [0, 0.1) is 5.92 Å². The summed E-state index contributed by atoms with van der Waals surface area (Å²) in [6.07, 6.45) is -2.85. The van der Waals surface area contributed by atoms with E-state index in [1.165, 1.54) is 18.3 Å². The Balaban J connectivity index is 1.58. The Morgan fingerprint density at radius 1 is 1.03 bits per heavy atom. The van der Waals surface area contributed by atoms with E-state index >= 15 is 0 Å². The second-order valence-corrected chi connectivity index (χ2v) is 9.89. The number of hydrogen-bond donors (Lipinski definition) is 2. The van der Waals surface area contributed by atoms with Gasteiger partial charge in [0, 0.05) is 36.4 Å². The quantitative estimate of drug-likeness (QED) is 0.424. The van der Waals surface area contributed by atoms with Gasteiger partial charge < -0.3 is 10.7 Å². The number of nitrogens with zero attached hydrogens (tertiary/aromatic N) is 1. The van der Waals surface area contributed by atoms with Gasteiger partial charge in [-0.1, -0.05) is 18.2 Å². The first kappa shape index (κ1) is 24.4. The highest BCUT2D eigenvalue weighted by molar-refractivity contribution is 6.03. The fraction of sp³-hybridized carbons (Fsp3) is 0.423. The van der Waals surface area contributed by atoms with Crippen molar-refractivity contribution in [1.29, 1.82) is 0 Å². The molecule has 190 valence electrons. The fourth-order valence-corrected chi connectivity index (χ4v) is 5.58. The van der Waals surface area contributed by atoms with Gasteiger partial charge in [-0.3, -0.25) is 14.6 Å². The van der Waals surface area contributed by atoms with Gasteiger partial charge in [0.2, 0.25) is 5.92 Å². The number of rotatable bonds is 4. The van der Waals surface area contributed by atoms with Crippen LogP contribution in [0.25, 0.3) is 22.2 Å². The number of nitrogens with two attached hydrogens (primary N) is 1. The number of alkyl halides is 5. The molecule has 2 fully saturated rings. The number of hydrogen-bond acceptors (Lipinski definition) is 3. The van der Waals surface area contributed by atoms with Crippen molar-refractivity contribution in [2.24, 2.45) is 11.7 Å². The number of pyridine rings is 2. The highest BCUT2D eigenvalue weighted by Crippen LogP contribution is 2.50. The van der Waals surface area contributed by atoms with Crippen molar-refractivity contribution in [3.8, 4) is 11.3 Å². The van der Waals surface area contributed by atoms with E-state index in [9.17, 15) is 31.5 Å². The van der Waals surface area contributed by atoms with E-state index in [-0.39, 0.29) is 48.6 Å². The number of aromatic nitrogens is 2. The predicted octanol–water partition coefficient (Wildman–Crippen LogP) is 6.04. The summed E-state index contributed by atoms with van der Waals surface area (Å²) < 4.78 is 66.8. The summed E-state index contributed by atoms with van der Waals surface area (Å²) in [6.45, 7) is 0. The maximum atomic E-state index is 13.5. The van der Waals surface area contributed by atoms with Crippen LogP contribution in [0.5, 0.6) is 0 Å². The van der Waals surface area contributed by atoms with Crippen molar-refractivity contribution < 1.29 is 26.7 Å². The number of H-pyrrole nitrogens is 1. The van der Waals surface area contributed by atoms with E-state index in [0.29, 0.717) is 29.6 Å². The first-order valence-electron chi connectivity index (χ1n) is 11.8. The first-order chi connectivity index (χ1) is 16.9. The van der Waals surface area contributed by atoms with Crippen molar-refractivity contribution in [3.05, 3.63) is 63.6 Å². The molecular formula is C26H24F5N3O2. The highest BCUT2D eigenvalue weighted by atomic mass is 19.4. The van der Waals surface area contributed by atoms with Crippen LogP contribution in [-0.4, -0.2) is 28.0 Å². The third-order valence-electron chi connectivity index (χ3n) is 7.53. The van der Waals surface area contributed by atoms with Crippen LogP contribution in [0.4, 0.5) is 22.0 Å².